The lowest BCUT2D eigenvalue weighted by molar-refractivity contribution is 0.102. The highest BCUT2D eigenvalue weighted by atomic mass is 32.1. The summed E-state index contributed by atoms with van der Waals surface area (Å²) in [4.78, 5) is 17.7. The molecule has 1 aromatic carbocycles. The second-order valence-electron chi connectivity index (χ2n) is 4.57. The van der Waals surface area contributed by atoms with E-state index in [1.165, 1.54) is 11.3 Å². The van der Waals surface area contributed by atoms with Crippen molar-refractivity contribution < 1.29 is 4.79 Å². The minimum absolute atomic E-state index is 0.124. The normalized spacial score (nSPS) is 10.6. The fourth-order valence-corrected chi connectivity index (χ4v) is 2.87. The van der Waals surface area contributed by atoms with E-state index in [-0.39, 0.29) is 5.91 Å². The summed E-state index contributed by atoms with van der Waals surface area (Å²) in [6.07, 6.45) is 1.71. The Labute approximate surface area is 123 Å². The maximum absolute atomic E-state index is 12.1. The van der Waals surface area contributed by atoms with Crippen LogP contribution >= 0.6 is 11.3 Å². The minimum Gasteiger partial charge on any atom is -0.330 e. The molecule has 3 N–H and O–H groups in total. The van der Waals surface area contributed by atoms with Gasteiger partial charge in [0, 0.05) is 10.4 Å². The zero-order chi connectivity index (χ0) is 14.5. The van der Waals surface area contributed by atoms with Crippen LogP contribution in [-0.2, 0) is 12.8 Å². The van der Waals surface area contributed by atoms with Crippen molar-refractivity contribution in [2.75, 3.05) is 11.9 Å². The molecule has 5 heteroatoms. The van der Waals surface area contributed by atoms with E-state index >= 15 is 0 Å². The Bertz CT molecular complexity index is 590. The largest absolute Gasteiger partial charge is 0.330 e. The van der Waals surface area contributed by atoms with Gasteiger partial charge in [0.25, 0.3) is 5.91 Å². The smallest absolute Gasteiger partial charge is 0.257 e. The van der Waals surface area contributed by atoms with Gasteiger partial charge in [-0.05, 0) is 44.0 Å². The molecule has 0 bridgehead atoms. The van der Waals surface area contributed by atoms with Gasteiger partial charge in [-0.15, -0.1) is 11.3 Å². The molecular formula is C15H19N3OS. The van der Waals surface area contributed by atoms with Crippen LogP contribution in [0.25, 0.3) is 0 Å². The molecule has 4 nitrogen and oxygen atoms in total. The Kier molecular flexibility index (Phi) is 4.87. The number of amides is 1. The van der Waals surface area contributed by atoms with Gasteiger partial charge >= 0.3 is 0 Å². The van der Waals surface area contributed by atoms with Crippen molar-refractivity contribution in [1.29, 1.82) is 0 Å². The van der Waals surface area contributed by atoms with Gasteiger partial charge < -0.3 is 5.73 Å². The Hall–Kier alpha value is -1.72. The molecule has 0 aliphatic carbocycles. The number of nitrogens with zero attached hydrogens (tertiary/aromatic N) is 1. The molecule has 1 aromatic heterocycles. The quantitative estimate of drug-likeness (QED) is 0.889. The molecule has 106 valence electrons. The predicted molar refractivity (Wildman–Crippen MR) is 83.4 cm³/mol. The van der Waals surface area contributed by atoms with Crippen molar-refractivity contribution in [3.8, 4) is 0 Å². The van der Waals surface area contributed by atoms with E-state index in [4.69, 9.17) is 5.73 Å². The number of rotatable bonds is 5. The second kappa shape index (κ2) is 6.63. The van der Waals surface area contributed by atoms with E-state index in [1.54, 1.807) is 0 Å². The molecule has 2 aromatic rings. The van der Waals surface area contributed by atoms with Gasteiger partial charge in [-0.1, -0.05) is 19.1 Å². The van der Waals surface area contributed by atoms with Crippen molar-refractivity contribution in [1.82, 2.24) is 4.98 Å². The van der Waals surface area contributed by atoms with E-state index in [0.717, 1.165) is 29.0 Å². The third kappa shape index (κ3) is 3.43. The first-order valence-electron chi connectivity index (χ1n) is 6.70. The summed E-state index contributed by atoms with van der Waals surface area (Å²) in [6, 6.07) is 7.52. The predicted octanol–water partition coefficient (Wildman–Crippen LogP) is 2.77. The Morgan fingerprint density at radius 2 is 2.05 bits per heavy atom. The maximum Gasteiger partial charge on any atom is 0.257 e. The molecule has 20 heavy (non-hydrogen) atoms. The number of hydrogen-bond acceptors (Lipinski definition) is 4. The van der Waals surface area contributed by atoms with Crippen molar-refractivity contribution in [3.05, 3.63) is 46.0 Å². The fraction of sp³-hybridized carbons (Fsp3) is 0.333. The topological polar surface area (TPSA) is 68.0 Å². The third-order valence-corrected chi connectivity index (χ3v) is 4.03. The van der Waals surface area contributed by atoms with Gasteiger partial charge in [0.05, 0.1) is 5.69 Å². The molecule has 0 fully saturated rings. The molecule has 0 atom stereocenters. The molecule has 0 aliphatic rings. The van der Waals surface area contributed by atoms with Crippen molar-refractivity contribution in [3.63, 3.8) is 0 Å². The van der Waals surface area contributed by atoms with E-state index in [1.807, 2.05) is 31.2 Å². The fourth-order valence-electron chi connectivity index (χ4n) is 1.97. The Morgan fingerprint density at radius 3 is 2.60 bits per heavy atom. The summed E-state index contributed by atoms with van der Waals surface area (Å²) < 4.78 is 0. The first-order valence-corrected chi connectivity index (χ1v) is 7.52. The summed E-state index contributed by atoms with van der Waals surface area (Å²) in [5, 5.41) is 3.51. The molecule has 1 amide bonds. The number of nitrogens with one attached hydrogen (secondary N) is 1. The summed E-state index contributed by atoms with van der Waals surface area (Å²) in [5.74, 6) is -0.124. The monoisotopic (exact) mass is 289 g/mol. The van der Waals surface area contributed by atoms with Crippen LogP contribution < -0.4 is 11.1 Å². The van der Waals surface area contributed by atoms with Crippen LogP contribution in [0.5, 0.6) is 0 Å². The van der Waals surface area contributed by atoms with Crippen LogP contribution in [0.2, 0.25) is 0 Å². The number of thiazole rings is 1. The molecule has 2 rings (SSSR count). The minimum atomic E-state index is -0.124. The number of anilines is 1. The zero-order valence-electron chi connectivity index (χ0n) is 11.8. The van der Waals surface area contributed by atoms with Crippen molar-refractivity contribution >= 4 is 22.4 Å². The summed E-state index contributed by atoms with van der Waals surface area (Å²) in [6.45, 7) is 4.70. The van der Waals surface area contributed by atoms with Gasteiger partial charge in [-0.2, -0.15) is 0 Å². The first-order chi connectivity index (χ1) is 9.63. The Balaban J connectivity index is 2.07. The molecule has 0 spiro atoms. The van der Waals surface area contributed by atoms with E-state index in [0.29, 0.717) is 17.2 Å². The van der Waals surface area contributed by atoms with Gasteiger partial charge in [0.15, 0.2) is 5.13 Å². The summed E-state index contributed by atoms with van der Waals surface area (Å²) in [7, 11) is 0. The highest BCUT2D eigenvalue weighted by Gasteiger charge is 2.10. The Morgan fingerprint density at radius 1 is 1.35 bits per heavy atom. The number of benzene rings is 1. The van der Waals surface area contributed by atoms with Crippen LogP contribution in [0.4, 0.5) is 5.13 Å². The number of carbonyl (C=O) groups excluding carboxylic acids is 1. The van der Waals surface area contributed by atoms with Gasteiger partial charge in [-0.3, -0.25) is 10.1 Å². The van der Waals surface area contributed by atoms with Gasteiger partial charge in [0.2, 0.25) is 0 Å². The summed E-state index contributed by atoms with van der Waals surface area (Å²) in [5.41, 5.74) is 8.33. The number of carbonyl (C=O) groups is 1. The van der Waals surface area contributed by atoms with Crippen LogP contribution in [0.1, 0.15) is 33.4 Å². The first kappa shape index (κ1) is 14.7. The van der Waals surface area contributed by atoms with E-state index in [2.05, 4.69) is 17.2 Å². The van der Waals surface area contributed by atoms with Crippen LogP contribution in [0.15, 0.2) is 24.3 Å². The molecule has 0 aliphatic heterocycles. The van der Waals surface area contributed by atoms with Gasteiger partial charge in [-0.25, -0.2) is 4.98 Å². The lowest BCUT2D eigenvalue weighted by atomic mass is 10.1. The maximum atomic E-state index is 12.1. The number of aryl methyl sites for hydroxylation is 2. The molecular weight excluding hydrogens is 270 g/mol. The average molecular weight is 289 g/mol. The van der Waals surface area contributed by atoms with Crippen LogP contribution in [0.3, 0.4) is 0 Å². The zero-order valence-corrected chi connectivity index (χ0v) is 12.6. The van der Waals surface area contributed by atoms with Crippen LogP contribution in [0, 0.1) is 6.92 Å². The van der Waals surface area contributed by atoms with Crippen molar-refractivity contribution in [2.24, 2.45) is 5.73 Å². The number of hydrogen-bond donors (Lipinski definition) is 2. The van der Waals surface area contributed by atoms with Crippen molar-refractivity contribution in [2.45, 2.75) is 26.7 Å². The standard InChI is InChI=1S/C15H19N3OS/c1-3-13-10(2)20-15(17-13)18-14(19)12-6-4-11(5-7-12)8-9-16/h4-7H,3,8-9,16H2,1-2H3,(H,17,18,19). The highest BCUT2D eigenvalue weighted by Crippen LogP contribution is 2.22. The van der Waals surface area contributed by atoms with Crippen LogP contribution in [-0.4, -0.2) is 17.4 Å². The SMILES string of the molecule is CCc1nc(NC(=O)c2ccc(CCN)cc2)sc1C. The highest BCUT2D eigenvalue weighted by molar-refractivity contribution is 7.15. The molecule has 0 saturated heterocycles. The lowest BCUT2D eigenvalue weighted by Gasteiger charge is -2.03. The number of nitrogens with two attached hydrogens (primary N) is 1. The lowest BCUT2D eigenvalue weighted by Crippen LogP contribution is -2.12. The molecule has 0 unspecified atom stereocenters. The second-order valence-corrected chi connectivity index (χ2v) is 5.77. The summed E-state index contributed by atoms with van der Waals surface area (Å²) >= 11 is 1.51. The molecule has 0 saturated carbocycles. The molecule has 0 radical (unpaired) electrons. The molecule has 1 heterocycles. The average Bonchev–Trinajstić information content (AvgIpc) is 2.80. The van der Waals surface area contributed by atoms with E-state index < -0.39 is 0 Å². The van der Waals surface area contributed by atoms with Gasteiger partial charge in [0.1, 0.15) is 0 Å². The van der Waals surface area contributed by atoms with E-state index in [9.17, 15) is 4.79 Å². The third-order valence-electron chi connectivity index (χ3n) is 3.10. The number of aromatic nitrogens is 1.